The van der Waals surface area contributed by atoms with Crippen LogP contribution in [0.2, 0.25) is 0 Å². The number of aromatic amines is 1. The maximum Gasteiger partial charge on any atom is 0.297 e. The molecule has 2 saturated carbocycles. The van der Waals surface area contributed by atoms with Crippen LogP contribution in [0.15, 0.2) is 77.8 Å². The van der Waals surface area contributed by atoms with Crippen molar-refractivity contribution in [1.82, 2.24) is 19.6 Å². The molecule has 0 radical (unpaired) electrons. The smallest absolute Gasteiger partial charge is 0.297 e. The van der Waals surface area contributed by atoms with Crippen LogP contribution >= 0.6 is 0 Å². The fraction of sp³-hybridized carbons (Fsp3) is 0.500. The normalized spacial score (nSPS) is 22.8. The number of hydrogen-bond acceptors (Lipinski definition) is 11. The van der Waals surface area contributed by atoms with Crippen molar-refractivity contribution in [2.24, 2.45) is 16.7 Å². The van der Waals surface area contributed by atoms with Gasteiger partial charge in [0.05, 0.1) is 27.1 Å². The van der Waals surface area contributed by atoms with E-state index in [1.165, 1.54) is 36.5 Å². The van der Waals surface area contributed by atoms with Gasteiger partial charge in [-0.15, -0.1) is 0 Å². The van der Waals surface area contributed by atoms with Crippen molar-refractivity contribution in [3.63, 3.8) is 0 Å². The lowest BCUT2D eigenvalue weighted by molar-refractivity contribution is -0.384. The Morgan fingerprint density at radius 2 is 1.73 bits per heavy atom. The molecule has 3 N–H and O–H groups in total. The first-order valence-corrected chi connectivity index (χ1v) is 25.7. The summed E-state index contributed by atoms with van der Waals surface area (Å²) in [5, 5.41) is 16.6. The van der Waals surface area contributed by atoms with Crippen LogP contribution in [0.1, 0.15) is 124 Å². The number of likely N-dealkylation sites (tertiary alicyclic amines) is 1. The zero-order valence-electron chi connectivity index (χ0n) is 39.3. The van der Waals surface area contributed by atoms with E-state index < -0.39 is 31.4 Å². The molecule has 15 heteroatoms. The number of pyridine rings is 1. The summed E-state index contributed by atoms with van der Waals surface area (Å²) in [4.78, 5) is 38.4. The number of aromatic nitrogens is 2. The first-order chi connectivity index (χ1) is 32.1. The van der Waals surface area contributed by atoms with Crippen LogP contribution in [-0.2, 0) is 10.0 Å². The molecule has 2 aliphatic carbocycles. The van der Waals surface area contributed by atoms with Gasteiger partial charge in [0, 0.05) is 67.7 Å². The SMILES string of the molecule is Cc1nc2[nH]ccc2cc1Oc1cc(N2CCC3(CC2)CN(C2CCC[C@H]2c2ccccc2C(C)C)C3)ccc1C(=O)NS(=O)(=O)c1cc2c(c([N+](=O)[O-])c1)NC(C1CCC(C)(C)CC1)CO2. The number of amides is 1. The monoisotopic (exact) mass is 929 g/mol. The zero-order valence-corrected chi connectivity index (χ0v) is 40.1. The van der Waals surface area contributed by atoms with Crippen molar-refractivity contribution in [2.75, 3.05) is 43.0 Å². The van der Waals surface area contributed by atoms with Gasteiger partial charge in [-0.2, -0.15) is 0 Å². The molecule has 2 saturated heterocycles. The lowest BCUT2D eigenvalue weighted by Gasteiger charge is -2.57. The van der Waals surface area contributed by atoms with Crippen molar-refractivity contribution in [2.45, 2.75) is 121 Å². The number of sulfonamides is 1. The molecule has 5 heterocycles. The first-order valence-electron chi connectivity index (χ1n) is 24.2. The number of nitrogens with zero attached hydrogens (tertiary/aromatic N) is 4. The van der Waals surface area contributed by atoms with Gasteiger partial charge in [-0.3, -0.25) is 19.8 Å². The number of fused-ring (bicyclic) bond motifs is 2. The van der Waals surface area contributed by atoms with Gasteiger partial charge in [-0.05, 0) is 122 Å². The van der Waals surface area contributed by atoms with E-state index in [0.717, 1.165) is 81.8 Å². The summed E-state index contributed by atoms with van der Waals surface area (Å²) in [6.45, 7) is 15.0. The number of nitro groups is 1. The molecule has 10 rings (SSSR count). The van der Waals surface area contributed by atoms with Crippen molar-refractivity contribution < 1.29 is 27.6 Å². The maximum atomic E-state index is 14.2. The molecule has 3 aliphatic heterocycles. The van der Waals surface area contributed by atoms with Gasteiger partial charge in [0.1, 0.15) is 23.8 Å². The van der Waals surface area contributed by atoms with E-state index in [2.05, 4.69) is 81.8 Å². The minimum Gasteiger partial charge on any atom is -0.489 e. The molecule has 1 spiro atoms. The molecule has 2 unspecified atom stereocenters. The van der Waals surface area contributed by atoms with Crippen LogP contribution in [0, 0.1) is 33.8 Å². The summed E-state index contributed by atoms with van der Waals surface area (Å²) >= 11 is 0. The average Bonchev–Trinajstić information content (AvgIpc) is 3.97. The number of rotatable bonds is 11. The second-order valence-electron chi connectivity index (χ2n) is 21.1. The molecule has 5 aromatic rings. The Kier molecular flexibility index (Phi) is 11.8. The number of ether oxygens (including phenoxy) is 2. The largest absolute Gasteiger partial charge is 0.489 e. The maximum absolute atomic E-state index is 14.2. The van der Waals surface area contributed by atoms with E-state index >= 15 is 0 Å². The third-order valence-electron chi connectivity index (χ3n) is 15.8. The number of nitro benzene ring substituents is 1. The van der Waals surface area contributed by atoms with E-state index in [0.29, 0.717) is 35.0 Å². The fourth-order valence-corrected chi connectivity index (χ4v) is 12.8. The molecule has 4 fully saturated rings. The quantitative estimate of drug-likeness (QED) is 0.0850. The minimum absolute atomic E-state index is 0.0157. The molecule has 67 heavy (non-hydrogen) atoms. The van der Waals surface area contributed by atoms with Crippen LogP contribution in [0.4, 0.5) is 17.1 Å². The van der Waals surface area contributed by atoms with Gasteiger partial charge < -0.3 is 24.7 Å². The van der Waals surface area contributed by atoms with Crippen molar-refractivity contribution in [3.8, 4) is 17.2 Å². The molecule has 14 nitrogen and oxygen atoms in total. The second-order valence-corrected chi connectivity index (χ2v) is 22.8. The Labute approximate surface area is 393 Å². The van der Waals surface area contributed by atoms with Crippen molar-refractivity contribution >= 4 is 44.0 Å². The summed E-state index contributed by atoms with van der Waals surface area (Å²) in [5.41, 5.74) is 5.36. The number of benzene rings is 3. The van der Waals surface area contributed by atoms with E-state index in [9.17, 15) is 23.3 Å². The predicted molar refractivity (Wildman–Crippen MR) is 260 cm³/mol. The van der Waals surface area contributed by atoms with Gasteiger partial charge >= 0.3 is 0 Å². The predicted octanol–water partition coefficient (Wildman–Crippen LogP) is 10.4. The van der Waals surface area contributed by atoms with Gasteiger partial charge in [0.2, 0.25) is 0 Å². The van der Waals surface area contributed by atoms with Crippen LogP contribution < -0.4 is 24.4 Å². The van der Waals surface area contributed by atoms with E-state index in [1.54, 1.807) is 18.3 Å². The zero-order chi connectivity index (χ0) is 46.8. The highest BCUT2D eigenvalue weighted by molar-refractivity contribution is 7.90. The van der Waals surface area contributed by atoms with Crippen LogP contribution in [0.5, 0.6) is 17.2 Å². The van der Waals surface area contributed by atoms with E-state index in [4.69, 9.17) is 9.47 Å². The Balaban J connectivity index is 0.866. The molecule has 354 valence electrons. The minimum atomic E-state index is -4.64. The Morgan fingerprint density at radius 1 is 0.970 bits per heavy atom. The van der Waals surface area contributed by atoms with Crippen LogP contribution in [-0.4, -0.2) is 79.0 Å². The molecule has 3 atom stereocenters. The Hall–Kier alpha value is -5.67. The first kappa shape index (κ1) is 45.1. The van der Waals surface area contributed by atoms with Gasteiger partial charge in [-0.25, -0.2) is 18.1 Å². The lowest BCUT2D eigenvalue weighted by Crippen LogP contribution is -2.63. The van der Waals surface area contributed by atoms with Crippen molar-refractivity contribution in [3.05, 3.63) is 105 Å². The molecule has 1 amide bonds. The topological polar surface area (TPSA) is 172 Å². The van der Waals surface area contributed by atoms with Crippen LogP contribution in [0.25, 0.3) is 11.0 Å². The second kappa shape index (κ2) is 17.4. The average molecular weight is 930 g/mol. The highest BCUT2D eigenvalue weighted by Gasteiger charge is 2.49. The molecule has 3 aromatic carbocycles. The third kappa shape index (κ3) is 8.85. The highest BCUT2D eigenvalue weighted by atomic mass is 32.2. The molecule has 5 aliphatic rings. The van der Waals surface area contributed by atoms with Crippen molar-refractivity contribution in [1.29, 1.82) is 0 Å². The van der Waals surface area contributed by atoms with Crippen LogP contribution in [0.3, 0.4) is 0 Å². The summed E-state index contributed by atoms with van der Waals surface area (Å²) < 4.78 is 42.8. The van der Waals surface area contributed by atoms with E-state index in [-0.39, 0.29) is 52.1 Å². The molecular weight excluding hydrogens is 867 g/mol. The number of carbonyl (C=O) groups is 1. The molecule has 0 bridgehead atoms. The number of H-pyrrole nitrogens is 1. The molecular formula is C52H63N7O7S. The Morgan fingerprint density at radius 3 is 2.48 bits per heavy atom. The Bertz CT molecular complexity index is 2820. The number of anilines is 2. The number of aryl methyl sites for hydroxylation is 1. The summed E-state index contributed by atoms with van der Waals surface area (Å²) in [6, 6.07) is 20.6. The third-order valence-corrected chi connectivity index (χ3v) is 17.1. The summed E-state index contributed by atoms with van der Waals surface area (Å²) in [7, 11) is -4.64. The highest BCUT2D eigenvalue weighted by Crippen LogP contribution is 2.50. The van der Waals surface area contributed by atoms with Gasteiger partial charge in [0.15, 0.2) is 11.4 Å². The van der Waals surface area contributed by atoms with Gasteiger partial charge in [0.25, 0.3) is 21.6 Å². The fourth-order valence-electron chi connectivity index (χ4n) is 11.8. The summed E-state index contributed by atoms with van der Waals surface area (Å²) in [6.07, 6.45) is 11.6. The standard InChI is InChI=1S/C52H63N7O7S/c1-32(2)38-9-6-7-10-39(38)40-11-8-12-43(40)58-30-52(31-58)20-23-57(24-21-52)36-13-14-41(46(26-36)66-45-25-35-17-22-53-49(35)54-33(45)3)50(60)56-67(63,64)37-27-44(59(61)62)48-47(28-37)65-29-42(55-48)34-15-18-51(4,5)19-16-34/h6-7,9-10,13-14,17,22,25-28,32,34,40,42-43,55H,8,11-12,15-16,18-21,23-24,29-31H2,1-5H3,(H,53,54)(H,56,60)/t40-,42?,43?/m0/s1. The number of nitrogens with one attached hydrogen (secondary N) is 3. The summed E-state index contributed by atoms with van der Waals surface area (Å²) in [5.74, 6) is 1.04. The molecule has 2 aromatic heterocycles. The van der Waals surface area contributed by atoms with Gasteiger partial charge in [-0.1, -0.05) is 58.4 Å². The number of carbonyl (C=O) groups excluding carboxylic acids is 1. The number of piperidine rings is 1. The lowest BCUT2D eigenvalue weighted by atomic mass is 9.70. The van der Waals surface area contributed by atoms with E-state index in [1.807, 2.05) is 25.1 Å². The number of hydrogen-bond donors (Lipinski definition) is 3.